The molecular weight excluding hydrogens is 869 g/mol. The van der Waals surface area contributed by atoms with Crippen LogP contribution in [0.4, 0.5) is 0 Å². The van der Waals surface area contributed by atoms with E-state index in [9.17, 15) is 48.6 Å². The summed E-state index contributed by atoms with van der Waals surface area (Å²) in [5.41, 5.74) is 0. The van der Waals surface area contributed by atoms with Gasteiger partial charge in [0.1, 0.15) is 18.1 Å². The van der Waals surface area contributed by atoms with Crippen LogP contribution in [0.25, 0.3) is 0 Å². The van der Waals surface area contributed by atoms with Crippen LogP contribution >= 0.6 is 0 Å². The summed E-state index contributed by atoms with van der Waals surface area (Å²) < 4.78 is 27.2. The van der Waals surface area contributed by atoms with E-state index in [4.69, 9.17) is 23.7 Å². The number of likely N-dealkylation sites (tertiary alicyclic amines) is 1. The summed E-state index contributed by atoms with van der Waals surface area (Å²) in [5, 5.41) is 37.5. The molecule has 0 bridgehead atoms. The van der Waals surface area contributed by atoms with Gasteiger partial charge in [0.15, 0.2) is 0 Å². The molecule has 1 saturated heterocycles. The fourth-order valence-electron chi connectivity index (χ4n) is 6.38. The van der Waals surface area contributed by atoms with E-state index in [-0.39, 0.29) is 43.9 Å². The van der Waals surface area contributed by atoms with E-state index in [0.29, 0.717) is 97.5 Å². The predicted molar refractivity (Wildman–Crippen MR) is 240 cm³/mol. The highest BCUT2D eigenvalue weighted by molar-refractivity contribution is 5.96. The molecule has 9 N–H and O–H groups in total. The van der Waals surface area contributed by atoms with Gasteiger partial charge in [0.05, 0.1) is 91.3 Å². The number of aliphatic hydroxyl groups is 1. The number of nitrogens with zero attached hydrogens (tertiary/aromatic N) is 1. The maximum Gasteiger partial charge on any atom is 0.303 e. The van der Waals surface area contributed by atoms with Crippen molar-refractivity contribution in [2.45, 2.75) is 110 Å². The Morgan fingerprint density at radius 1 is 0.606 bits per heavy atom. The number of carbonyl (C=O) groups excluding carboxylic acids is 7. The first kappa shape index (κ1) is 59.5. The number of rotatable bonds is 38. The third-order valence-electron chi connectivity index (χ3n) is 9.98. The van der Waals surface area contributed by atoms with Crippen LogP contribution in [0.5, 0.6) is 0 Å². The first-order valence-corrected chi connectivity index (χ1v) is 22.9. The van der Waals surface area contributed by atoms with Crippen LogP contribution in [0.2, 0.25) is 0 Å². The van der Waals surface area contributed by atoms with E-state index < -0.39 is 85.3 Å². The molecule has 0 saturated carbocycles. The summed E-state index contributed by atoms with van der Waals surface area (Å²) in [5.74, 6) is -4.61. The van der Waals surface area contributed by atoms with Crippen molar-refractivity contribution >= 4 is 47.3 Å². The van der Waals surface area contributed by atoms with Crippen molar-refractivity contribution < 1.29 is 72.3 Å². The SMILES string of the molecule is CN[C@@H](CC(C)C)C(=O)N1CCC[C@H]1C(=O)N[C@@H](CCC(=O)O)C(=O)N[C@H](C(=O)NCC(=O)NCC(=O)NCCOCCOCCOCCOCCOCCNC(=O)CCC(C)C)[C@@H](C)O. The minimum Gasteiger partial charge on any atom is -0.481 e. The van der Waals surface area contributed by atoms with E-state index in [1.54, 1.807) is 7.05 Å². The van der Waals surface area contributed by atoms with Gasteiger partial charge in [-0.15, -0.1) is 0 Å². The highest BCUT2D eigenvalue weighted by atomic mass is 16.6. The summed E-state index contributed by atoms with van der Waals surface area (Å²) in [7, 11) is 1.66. The molecule has 0 unspecified atom stereocenters. The summed E-state index contributed by atoms with van der Waals surface area (Å²) in [6.07, 6.45) is 0.458. The van der Waals surface area contributed by atoms with Crippen molar-refractivity contribution in [3.8, 4) is 0 Å². The Morgan fingerprint density at radius 3 is 1.62 bits per heavy atom. The second kappa shape index (κ2) is 35.6. The molecule has 1 aliphatic rings. The number of nitrogens with one attached hydrogen (secondary N) is 7. The van der Waals surface area contributed by atoms with E-state index >= 15 is 0 Å². The number of carboxylic acids is 1. The van der Waals surface area contributed by atoms with Gasteiger partial charge in [0.2, 0.25) is 41.4 Å². The Hall–Kier alpha value is -4.52. The Labute approximate surface area is 388 Å². The van der Waals surface area contributed by atoms with Gasteiger partial charge in [-0.1, -0.05) is 27.7 Å². The van der Waals surface area contributed by atoms with Gasteiger partial charge in [0, 0.05) is 32.5 Å². The minimum absolute atomic E-state index is 0.0334. The monoisotopic (exact) mass is 947 g/mol. The second-order valence-corrected chi connectivity index (χ2v) is 16.6. The number of aliphatic hydroxyl groups excluding tert-OH is 1. The van der Waals surface area contributed by atoms with Crippen molar-refractivity contribution in [3.05, 3.63) is 0 Å². The summed E-state index contributed by atoms with van der Waals surface area (Å²) in [6.45, 7) is 12.8. The highest BCUT2D eigenvalue weighted by Crippen LogP contribution is 2.21. The van der Waals surface area contributed by atoms with Crippen LogP contribution in [0.1, 0.15) is 79.6 Å². The fraction of sp³-hybridized carbons (Fsp3) is 0.814. The molecule has 7 amide bonds. The smallest absolute Gasteiger partial charge is 0.303 e. The molecule has 0 radical (unpaired) electrons. The Kier molecular flexibility index (Phi) is 32.1. The summed E-state index contributed by atoms with van der Waals surface area (Å²) in [6, 6.07) is -4.46. The summed E-state index contributed by atoms with van der Waals surface area (Å²) >= 11 is 0. The predicted octanol–water partition coefficient (Wildman–Crippen LogP) is -2.19. The quantitative estimate of drug-likeness (QED) is 0.0297. The molecule has 0 aromatic carbocycles. The van der Waals surface area contributed by atoms with Gasteiger partial charge >= 0.3 is 5.97 Å². The number of hydrogen-bond donors (Lipinski definition) is 9. The van der Waals surface area contributed by atoms with Crippen molar-refractivity contribution in [2.75, 3.05) is 106 Å². The Bertz CT molecular complexity index is 1470. The molecule has 1 aliphatic heterocycles. The largest absolute Gasteiger partial charge is 0.481 e. The molecule has 380 valence electrons. The topological polar surface area (TPSA) is 311 Å². The average Bonchev–Trinajstić information content (AvgIpc) is 3.77. The lowest BCUT2D eigenvalue weighted by atomic mass is 10.0. The zero-order chi connectivity index (χ0) is 49.3. The molecule has 5 atom stereocenters. The molecule has 66 heavy (non-hydrogen) atoms. The number of carbonyl (C=O) groups is 8. The molecule has 23 heteroatoms. The van der Waals surface area contributed by atoms with Crippen molar-refractivity contribution in [1.29, 1.82) is 0 Å². The van der Waals surface area contributed by atoms with Crippen molar-refractivity contribution in [3.63, 3.8) is 0 Å². The normalized spacial score (nSPS) is 15.4. The lowest BCUT2D eigenvalue weighted by molar-refractivity contribution is -0.142. The number of amides is 7. The lowest BCUT2D eigenvalue weighted by Crippen LogP contribution is -2.59. The van der Waals surface area contributed by atoms with Gasteiger partial charge < -0.3 is 76.0 Å². The first-order chi connectivity index (χ1) is 31.5. The van der Waals surface area contributed by atoms with Crippen LogP contribution in [0.15, 0.2) is 0 Å². The van der Waals surface area contributed by atoms with Crippen molar-refractivity contribution in [2.24, 2.45) is 11.8 Å². The van der Waals surface area contributed by atoms with Gasteiger partial charge in [-0.05, 0) is 57.9 Å². The van der Waals surface area contributed by atoms with Crippen molar-refractivity contribution in [1.82, 2.24) is 42.1 Å². The zero-order valence-corrected chi connectivity index (χ0v) is 39.7. The molecular formula is C43H78N8O15. The van der Waals surface area contributed by atoms with E-state index in [1.165, 1.54) is 11.8 Å². The third kappa shape index (κ3) is 27.8. The molecule has 1 rings (SSSR count). The average molecular weight is 947 g/mol. The lowest BCUT2D eigenvalue weighted by Gasteiger charge is -2.30. The first-order valence-electron chi connectivity index (χ1n) is 22.9. The van der Waals surface area contributed by atoms with Gasteiger partial charge in [0.25, 0.3) is 0 Å². The molecule has 0 aromatic rings. The van der Waals surface area contributed by atoms with E-state index in [1.807, 2.05) is 13.8 Å². The Balaban J connectivity index is 2.29. The Morgan fingerprint density at radius 2 is 1.12 bits per heavy atom. The molecule has 0 spiro atoms. The second-order valence-electron chi connectivity index (χ2n) is 16.6. The van der Waals surface area contributed by atoms with E-state index in [0.717, 1.165) is 6.42 Å². The van der Waals surface area contributed by atoms with Crippen LogP contribution in [0.3, 0.4) is 0 Å². The molecule has 1 fully saturated rings. The molecule has 23 nitrogen and oxygen atoms in total. The standard InChI is InChI=1S/C43H78N8O15/c1-29(2)9-11-35(53)45-13-16-62-18-20-64-22-24-66-25-23-65-21-19-63-17-14-46-36(54)27-47-37(55)28-48-42(60)39(31(5)52)50-40(58)32(10-12-38(56)57)49-41(59)34-8-7-15-51(34)43(61)33(44-6)26-30(3)4/h29-34,39,44,52H,7-28H2,1-6H3,(H,45,53)(H,46,54)(H,47,55)(H,48,60)(H,49,59)(H,50,58)(H,56,57)/t31-,32+,33+,34+,39+/m1/s1. The molecule has 1 heterocycles. The minimum atomic E-state index is -1.60. The number of aliphatic carboxylic acids is 1. The third-order valence-corrected chi connectivity index (χ3v) is 9.98. The van der Waals surface area contributed by atoms with Gasteiger partial charge in [-0.25, -0.2) is 0 Å². The van der Waals surface area contributed by atoms with Gasteiger partial charge in [-0.2, -0.15) is 0 Å². The number of ether oxygens (including phenoxy) is 5. The van der Waals surface area contributed by atoms with Gasteiger partial charge in [-0.3, -0.25) is 38.4 Å². The van der Waals surface area contributed by atoms with Crippen LogP contribution < -0.4 is 37.2 Å². The highest BCUT2D eigenvalue weighted by Gasteiger charge is 2.39. The van der Waals surface area contributed by atoms with Crippen LogP contribution in [-0.4, -0.2) is 199 Å². The fourth-order valence-corrected chi connectivity index (χ4v) is 6.38. The molecule has 0 aromatic heterocycles. The number of hydrogen-bond acceptors (Lipinski definition) is 15. The number of carboxylic acid groups (broad SMARTS) is 1. The maximum atomic E-state index is 13.4. The van der Waals surface area contributed by atoms with Crippen LogP contribution in [-0.2, 0) is 62.0 Å². The van der Waals surface area contributed by atoms with Crippen LogP contribution in [0, 0.1) is 11.8 Å². The summed E-state index contributed by atoms with van der Waals surface area (Å²) in [4.78, 5) is 102. The molecule has 0 aliphatic carbocycles. The maximum absolute atomic E-state index is 13.4. The number of likely N-dealkylation sites (N-methyl/N-ethyl adjacent to an activating group) is 1. The zero-order valence-electron chi connectivity index (χ0n) is 39.7. The van der Waals surface area contributed by atoms with E-state index in [2.05, 4.69) is 51.1 Å².